The molecule has 25 heavy (non-hydrogen) atoms. The van der Waals surface area contributed by atoms with E-state index in [-0.39, 0.29) is 30.3 Å². The molecule has 0 spiro atoms. The first-order chi connectivity index (χ1) is 12.1. The molecule has 2 unspecified atom stereocenters. The highest BCUT2D eigenvalue weighted by molar-refractivity contribution is 5.92. The fourth-order valence-electron chi connectivity index (χ4n) is 3.17. The zero-order valence-corrected chi connectivity index (χ0v) is 14.1. The van der Waals surface area contributed by atoms with Crippen molar-refractivity contribution >= 4 is 11.6 Å². The SMILES string of the molecule is NC1CCCC(C(=O)Nc2cccc(OCc3cccc(F)c3)c2)C1. The molecule has 1 aliphatic carbocycles. The maximum Gasteiger partial charge on any atom is 0.227 e. The van der Waals surface area contributed by atoms with Crippen molar-refractivity contribution in [1.82, 2.24) is 0 Å². The molecule has 2 aromatic carbocycles. The molecule has 1 fully saturated rings. The number of carbonyl (C=O) groups excluding carboxylic acids is 1. The minimum absolute atomic E-state index is 0.0115. The Hall–Kier alpha value is -2.40. The van der Waals surface area contributed by atoms with Crippen molar-refractivity contribution in [2.45, 2.75) is 38.3 Å². The Bertz CT molecular complexity index is 735. The zero-order chi connectivity index (χ0) is 17.6. The van der Waals surface area contributed by atoms with Crippen molar-refractivity contribution in [3.8, 4) is 5.75 Å². The molecule has 132 valence electrons. The number of amides is 1. The largest absolute Gasteiger partial charge is 0.489 e. The van der Waals surface area contributed by atoms with E-state index in [0.717, 1.165) is 31.2 Å². The lowest BCUT2D eigenvalue weighted by atomic mass is 9.85. The number of hydrogen-bond donors (Lipinski definition) is 2. The lowest BCUT2D eigenvalue weighted by molar-refractivity contribution is -0.120. The summed E-state index contributed by atoms with van der Waals surface area (Å²) in [4.78, 5) is 12.4. The number of halogens is 1. The second-order valence-electron chi connectivity index (χ2n) is 6.56. The number of ether oxygens (including phenoxy) is 1. The van der Waals surface area contributed by atoms with Gasteiger partial charge in [-0.2, -0.15) is 0 Å². The Morgan fingerprint density at radius 2 is 2.04 bits per heavy atom. The fourth-order valence-corrected chi connectivity index (χ4v) is 3.17. The van der Waals surface area contributed by atoms with E-state index in [2.05, 4.69) is 5.32 Å². The van der Waals surface area contributed by atoms with E-state index in [4.69, 9.17) is 10.5 Å². The second-order valence-corrected chi connectivity index (χ2v) is 6.56. The fraction of sp³-hybridized carbons (Fsp3) is 0.350. The standard InChI is InChI=1S/C20H23FN2O2/c21-16-6-1-4-14(10-16)13-25-19-9-3-8-18(12-19)23-20(24)15-5-2-7-17(22)11-15/h1,3-4,6,8-10,12,15,17H,2,5,7,11,13,22H2,(H,23,24). The van der Waals surface area contributed by atoms with Gasteiger partial charge in [0.2, 0.25) is 5.91 Å². The molecule has 0 heterocycles. The molecule has 3 N–H and O–H groups in total. The average Bonchev–Trinajstić information content (AvgIpc) is 2.60. The second kappa shape index (κ2) is 8.12. The van der Waals surface area contributed by atoms with Gasteiger partial charge in [-0.05, 0) is 49.1 Å². The Labute approximate surface area is 147 Å². The Morgan fingerprint density at radius 1 is 1.20 bits per heavy atom. The van der Waals surface area contributed by atoms with E-state index in [9.17, 15) is 9.18 Å². The van der Waals surface area contributed by atoms with E-state index in [1.807, 2.05) is 18.2 Å². The summed E-state index contributed by atoms with van der Waals surface area (Å²) in [6, 6.07) is 13.7. The van der Waals surface area contributed by atoms with Crippen LogP contribution < -0.4 is 15.8 Å². The van der Waals surface area contributed by atoms with Gasteiger partial charge in [-0.1, -0.05) is 24.6 Å². The van der Waals surface area contributed by atoms with Crippen LogP contribution in [0.25, 0.3) is 0 Å². The zero-order valence-electron chi connectivity index (χ0n) is 14.1. The third kappa shape index (κ3) is 5.03. The molecule has 1 saturated carbocycles. The smallest absolute Gasteiger partial charge is 0.227 e. The van der Waals surface area contributed by atoms with E-state index in [1.54, 1.807) is 18.2 Å². The summed E-state index contributed by atoms with van der Waals surface area (Å²) in [6.07, 6.45) is 3.61. The molecule has 2 atom stereocenters. The summed E-state index contributed by atoms with van der Waals surface area (Å²) < 4.78 is 18.9. The molecule has 5 heteroatoms. The minimum Gasteiger partial charge on any atom is -0.489 e. The molecule has 1 amide bonds. The predicted molar refractivity (Wildman–Crippen MR) is 95.7 cm³/mol. The van der Waals surface area contributed by atoms with Crippen molar-refractivity contribution in [3.05, 3.63) is 59.9 Å². The number of rotatable bonds is 5. The Balaban J connectivity index is 1.58. The first-order valence-electron chi connectivity index (χ1n) is 8.64. The predicted octanol–water partition coefficient (Wildman–Crippen LogP) is 3.86. The van der Waals surface area contributed by atoms with Gasteiger partial charge in [0.05, 0.1) is 0 Å². The van der Waals surface area contributed by atoms with Crippen LogP contribution in [0.3, 0.4) is 0 Å². The molecule has 3 rings (SSSR count). The summed E-state index contributed by atoms with van der Waals surface area (Å²) in [7, 11) is 0. The van der Waals surface area contributed by atoms with E-state index in [0.29, 0.717) is 11.4 Å². The number of anilines is 1. The van der Waals surface area contributed by atoms with Gasteiger partial charge in [-0.15, -0.1) is 0 Å². The Kier molecular flexibility index (Phi) is 5.66. The van der Waals surface area contributed by atoms with Crippen LogP contribution in [0.1, 0.15) is 31.2 Å². The van der Waals surface area contributed by atoms with Crippen LogP contribution in [0.2, 0.25) is 0 Å². The van der Waals surface area contributed by atoms with Crippen molar-refractivity contribution in [3.63, 3.8) is 0 Å². The molecular weight excluding hydrogens is 319 g/mol. The maximum absolute atomic E-state index is 13.2. The van der Waals surface area contributed by atoms with E-state index in [1.165, 1.54) is 12.1 Å². The van der Waals surface area contributed by atoms with Gasteiger partial charge < -0.3 is 15.8 Å². The molecule has 2 aromatic rings. The molecule has 4 nitrogen and oxygen atoms in total. The van der Waals surface area contributed by atoms with Crippen molar-refractivity contribution in [1.29, 1.82) is 0 Å². The summed E-state index contributed by atoms with van der Waals surface area (Å²) in [5.74, 6) is 0.327. The van der Waals surface area contributed by atoms with Gasteiger partial charge >= 0.3 is 0 Å². The van der Waals surface area contributed by atoms with Crippen LogP contribution in [0.4, 0.5) is 10.1 Å². The van der Waals surface area contributed by atoms with Crippen LogP contribution >= 0.6 is 0 Å². The summed E-state index contributed by atoms with van der Waals surface area (Å²) >= 11 is 0. The van der Waals surface area contributed by atoms with Gasteiger partial charge in [-0.3, -0.25) is 4.79 Å². The molecule has 0 aliphatic heterocycles. The highest BCUT2D eigenvalue weighted by atomic mass is 19.1. The molecule has 0 radical (unpaired) electrons. The van der Waals surface area contributed by atoms with Crippen LogP contribution in [0.15, 0.2) is 48.5 Å². The first-order valence-corrected chi connectivity index (χ1v) is 8.64. The summed E-state index contributed by atoms with van der Waals surface area (Å²) in [6.45, 7) is 0.270. The number of nitrogens with one attached hydrogen (secondary N) is 1. The molecule has 0 bridgehead atoms. The van der Waals surface area contributed by atoms with Gasteiger partial charge in [0.1, 0.15) is 18.2 Å². The van der Waals surface area contributed by atoms with Crippen LogP contribution in [0.5, 0.6) is 5.75 Å². The highest BCUT2D eigenvalue weighted by Crippen LogP contribution is 2.25. The minimum atomic E-state index is -0.284. The molecule has 0 saturated heterocycles. The van der Waals surface area contributed by atoms with E-state index < -0.39 is 0 Å². The number of hydrogen-bond acceptors (Lipinski definition) is 3. The average molecular weight is 342 g/mol. The maximum atomic E-state index is 13.2. The van der Waals surface area contributed by atoms with Crippen molar-refractivity contribution in [2.75, 3.05) is 5.32 Å². The third-order valence-electron chi connectivity index (χ3n) is 4.48. The lowest BCUT2D eigenvalue weighted by Crippen LogP contribution is -2.34. The monoisotopic (exact) mass is 342 g/mol. The van der Waals surface area contributed by atoms with Crippen LogP contribution in [-0.4, -0.2) is 11.9 Å². The summed E-state index contributed by atoms with van der Waals surface area (Å²) in [5, 5.41) is 2.95. The normalized spacial score (nSPS) is 20.1. The van der Waals surface area contributed by atoms with Crippen LogP contribution in [-0.2, 0) is 11.4 Å². The van der Waals surface area contributed by atoms with E-state index >= 15 is 0 Å². The van der Waals surface area contributed by atoms with Gasteiger partial charge in [0, 0.05) is 23.7 Å². The van der Waals surface area contributed by atoms with Gasteiger partial charge in [0.25, 0.3) is 0 Å². The third-order valence-corrected chi connectivity index (χ3v) is 4.48. The molecular formula is C20H23FN2O2. The van der Waals surface area contributed by atoms with Crippen molar-refractivity contribution in [2.24, 2.45) is 11.7 Å². The van der Waals surface area contributed by atoms with Gasteiger partial charge in [-0.25, -0.2) is 4.39 Å². The first kappa shape index (κ1) is 17.4. The Morgan fingerprint density at radius 3 is 2.84 bits per heavy atom. The van der Waals surface area contributed by atoms with Crippen molar-refractivity contribution < 1.29 is 13.9 Å². The quantitative estimate of drug-likeness (QED) is 0.867. The lowest BCUT2D eigenvalue weighted by Gasteiger charge is -2.25. The topological polar surface area (TPSA) is 64.4 Å². The summed E-state index contributed by atoms with van der Waals surface area (Å²) in [5.41, 5.74) is 7.41. The number of carbonyl (C=O) groups is 1. The highest BCUT2D eigenvalue weighted by Gasteiger charge is 2.25. The molecule has 1 aliphatic rings. The van der Waals surface area contributed by atoms with Crippen LogP contribution in [0, 0.1) is 11.7 Å². The molecule has 0 aromatic heterocycles. The van der Waals surface area contributed by atoms with Gasteiger partial charge in [0.15, 0.2) is 0 Å². The number of nitrogens with two attached hydrogens (primary N) is 1. The number of benzene rings is 2.